The van der Waals surface area contributed by atoms with Gasteiger partial charge in [0.05, 0.1) is 11.8 Å². The summed E-state index contributed by atoms with van der Waals surface area (Å²) >= 11 is 0. The zero-order chi connectivity index (χ0) is 9.97. The molecule has 0 aliphatic heterocycles. The first kappa shape index (κ1) is 8.30. The minimum Gasteiger partial charge on any atom is -0.384 e. The molecular weight excluding hydrogens is 182 g/mol. The van der Waals surface area contributed by atoms with Crippen molar-refractivity contribution in [2.24, 2.45) is 5.73 Å². The van der Waals surface area contributed by atoms with E-state index >= 15 is 0 Å². The average Bonchev–Trinajstić information content (AvgIpc) is 2.70. The molecular formula is C7H7N7. The van der Waals surface area contributed by atoms with Crippen LogP contribution in [0.2, 0.25) is 0 Å². The van der Waals surface area contributed by atoms with Gasteiger partial charge in [-0.15, -0.1) is 5.10 Å². The highest BCUT2D eigenvalue weighted by Gasteiger charge is 2.08. The number of nitrogens with zero attached hydrogens (tertiary/aromatic N) is 5. The number of rotatable bonds is 2. The van der Waals surface area contributed by atoms with E-state index < -0.39 is 0 Å². The van der Waals surface area contributed by atoms with Crippen LogP contribution in [0, 0.1) is 5.41 Å². The van der Waals surface area contributed by atoms with Crippen molar-refractivity contribution in [3.8, 4) is 5.82 Å². The van der Waals surface area contributed by atoms with E-state index in [0.717, 1.165) is 0 Å². The van der Waals surface area contributed by atoms with Gasteiger partial charge in [-0.05, 0) is 6.07 Å². The molecule has 0 atom stereocenters. The highest BCUT2D eigenvalue weighted by Crippen LogP contribution is 2.06. The predicted octanol–water partition coefficient (Wildman–Crippen LogP) is -0.659. The van der Waals surface area contributed by atoms with Crippen LogP contribution in [0.3, 0.4) is 0 Å². The van der Waals surface area contributed by atoms with Gasteiger partial charge >= 0.3 is 0 Å². The van der Waals surface area contributed by atoms with Gasteiger partial charge in [0, 0.05) is 0 Å². The highest BCUT2D eigenvalue weighted by atomic mass is 15.4. The Hall–Kier alpha value is -2.31. The average molecular weight is 189 g/mol. The number of hydrogen-bond acceptors (Lipinski definition) is 5. The topological polar surface area (TPSA) is 106 Å². The Balaban J connectivity index is 2.58. The Bertz CT molecular complexity index is 447. The van der Waals surface area contributed by atoms with E-state index in [1.807, 2.05) is 0 Å². The molecule has 2 aromatic heterocycles. The second-order valence-corrected chi connectivity index (χ2v) is 2.52. The number of nitrogens with two attached hydrogens (primary N) is 1. The number of aromatic nitrogens is 5. The normalized spacial score (nSPS) is 10.0. The standard InChI is InChI=1S/C7H7N7/c8-6(9)5-1-2-11-13-7(5)14-4-10-3-12-14/h1-4H,(H3,8,9). The Morgan fingerprint density at radius 3 is 3.00 bits per heavy atom. The molecule has 0 aliphatic carbocycles. The second-order valence-electron chi connectivity index (χ2n) is 2.52. The van der Waals surface area contributed by atoms with E-state index in [1.54, 1.807) is 6.07 Å². The molecule has 0 spiro atoms. The molecule has 0 saturated carbocycles. The van der Waals surface area contributed by atoms with Crippen LogP contribution < -0.4 is 5.73 Å². The number of hydrogen-bond donors (Lipinski definition) is 2. The molecule has 70 valence electrons. The molecule has 0 radical (unpaired) electrons. The van der Waals surface area contributed by atoms with Crippen LogP contribution in [0.5, 0.6) is 0 Å². The van der Waals surface area contributed by atoms with Crippen LogP contribution in [0.15, 0.2) is 24.9 Å². The summed E-state index contributed by atoms with van der Waals surface area (Å²) < 4.78 is 1.41. The summed E-state index contributed by atoms with van der Waals surface area (Å²) in [6, 6.07) is 1.60. The van der Waals surface area contributed by atoms with E-state index in [2.05, 4.69) is 20.3 Å². The third kappa shape index (κ3) is 1.30. The fourth-order valence-electron chi connectivity index (χ4n) is 1.02. The fraction of sp³-hybridized carbons (Fsp3) is 0. The lowest BCUT2D eigenvalue weighted by Gasteiger charge is -2.03. The molecule has 0 fully saturated rings. The molecule has 0 unspecified atom stereocenters. The smallest absolute Gasteiger partial charge is 0.188 e. The Kier molecular flexibility index (Phi) is 1.90. The van der Waals surface area contributed by atoms with Gasteiger partial charge in [0.25, 0.3) is 0 Å². The van der Waals surface area contributed by atoms with Gasteiger partial charge in [0.2, 0.25) is 0 Å². The van der Waals surface area contributed by atoms with Crippen molar-refractivity contribution >= 4 is 5.84 Å². The van der Waals surface area contributed by atoms with E-state index in [9.17, 15) is 0 Å². The summed E-state index contributed by atoms with van der Waals surface area (Å²) in [7, 11) is 0. The van der Waals surface area contributed by atoms with Crippen molar-refractivity contribution in [3.63, 3.8) is 0 Å². The van der Waals surface area contributed by atoms with Gasteiger partial charge in [0.1, 0.15) is 18.5 Å². The van der Waals surface area contributed by atoms with Crippen molar-refractivity contribution in [1.29, 1.82) is 5.41 Å². The third-order valence-corrected chi connectivity index (χ3v) is 1.63. The Morgan fingerprint density at radius 2 is 2.36 bits per heavy atom. The lowest BCUT2D eigenvalue weighted by molar-refractivity contribution is 0.809. The number of nitrogens with one attached hydrogen (secondary N) is 1. The van der Waals surface area contributed by atoms with Gasteiger partial charge in [0.15, 0.2) is 5.82 Å². The Morgan fingerprint density at radius 1 is 1.50 bits per heavy atom. The van der Waals surface area contributed by atoms with Crippen LogP contribution >= 0.6 is 0 Å². The molecule has 7 heteroatoms. The summed E-state index contributed by atoms with van der Waals surface area (Å²) in [5, 5.41) is 18.7. The summed E-state index contributed by atoms with van der Waals surface area (Å²) in [5.41, 5.74) is 5.85. The summed E-state index contributed by atoms with van der Waals surface area (Å²) in [4.78, 5) is 3.77. The van der Waals surface area contributed by atoms with Gasteiger partial charge in [-0.1, -0.05) is 0 Å². The van der Waals surface area contributed by atoms with Crippen LogP contribution in [0.4, 0.5) is 0 Å². The minimum atomic E-state index is -0.0783. The SMILES string of the molecule is N=C(N)c1ccnnc1-n1cncn1. The van der Waals surface area contributed by atoms with Crippen molar-refractivity contribution in [1.82, 2.24) is 25.0 Å². The van der Waals surface area contributed by atoms with Crippen molar-refractivity contribution in [2.75, 3.05) is 0 Å². The molecule has 0 aliphatic rings. The van der Waals surface area contributed by atoms with Gasteiger partial charge in [-0.3, -0.25) is 5.41 Å². The summed E-state index contributed by atoms with van der Waals surface area (Å²) in [6.07, 6.45) is 4.31. The minimum absolute atomic E-state index is 0.0783. The van der Waals surface area contributed by atoms with E-state index in [-0.39, 0.29) is 5.84 Å². The first-order valence-corrected chi connectivity index (χ1v) is 3.80. The fourth-order valence-corrected chi connectivity index (χ4v) is 1.02. The van der Waals surface area contributed by atoms with E-state index in [4.69, 9.17) is 11.1 Å². The molecule has 2 aromatic rings. The lowest BCUT2D eigenvalue weighted by Crippen LogP contribution is -2.16. The third-order valence-electron chi connectivity index (χ3n) is 1.63. The molecule has 0 saturated heterocycles. The van der Waals surface area contributed by atoms with Crippen molar-refractivity contribution < 1.29 is 0 Å². The summed E-state index contributed by atoms with van der Waals surface area (Å²) in [6.45, 7) is 0. The van der Waals surface area contributed by atoms with Gasteiger partial charge in [-0.2, -0.15) is 10.2 Å². The maximum absolute atomic E-state index is 7.33. The van der Waals surface area contributed by atoms with Crippen LogP contribution in [0.1, 0.15) is 5.56 Å². The van der Waals surface area contributed by atoms with Crippen molar-refractivity contribution in [3.05, 3.63) is 30.5 Å². The molecule has 2 heterocycles. The van der Waals surface area contributed by atoms with Gasteiger partial charge in [-0.25, -0.2) is 9.67 Å². The first-order valence-electron chi connectivity index (χ1n) is 3.80. The van der Waals surface area contributed by atoms with Crippen LogP contribution in [-0.4, -0.2) is 30.8 Å². The zero-order valence-electron chi connectivity index (χ0n) is 7.12. The largest absolute Gasteiger partial charge is 0.384 e. The van der Waals surface area contributed by atoms with E-state index in [1.165, 1.54) is 23.5 Å². The molecule has 0 aromatic carbocycles. The molecule has 14 heavy (non-hydrogen) atoms. The molecule has 7 nitrogen and oxygen atoms in total. The van der Waals surface area contributed by atoms with E-state index in [0.29, 0.717) is 11.4 Å². The maximum Gasteiger partial charge on any atom is 0.188 e. The molecule has 3 N–H and O–H groups in total. The highest BCUT2D eigenvalue weighted by molar-refractivity contribution is 5.97. The second kappa shape index (κ2) is 3.21. The Labute approximate surface area is 79.1 Å². The zero-order valence-corrected chi connectivity index (χ0v) is 7.12. The molecule has 2 rings (SSSR count). The quantitative estimate of drug-likeness (QED) is 0.481. The van der Waals surface area contributed by atoms with Gasteiger partial charge < -0.3 is 5.73 Å². The summed E-state index contributed by atoms with van der Waals surface area (Å²) in [5.74, 6) is 0.322. The maximum atomic E-state index is 7.33. The molecule has 0 amide bonds. The molecule has 0 bridgehead atoms. The monoisotopic (exact) mass is 189 g/mol. The number of nitrogen functional groups attached to an aromatic ring is 1. The van der Waals surface area contributed by atoms with Crippen LogP contribution in [0.25, 0.3) is 5.82 Å². The van der Waals surface area contributed by atoms with Crippen LogP contribution in [-0.2, 0) is 0 Å². The number of amidine groups is 1. The lowest BCUT2D eigenvalue weighted by atomic mass is 10.2. The first-order chi connectivity index (χ1) is 6.79. The predicted molar refractivity (Wildman–Crippen MR) is 48.0 cm³/mol. The van der Waals surface area contributed by atoms with Crippen molar-refractivity contribution in [2.45, 2.75) is 0 Å².